The summed E-state index contributed by atoms with van der Waals surface area (Å²) < 4.78 is 2.46. The van der Waals surface area contributed by atoms with Crippen molar-refractivity contribution in [2.45, 2.75) is 18.9 Å². The summed E-state index contributed by atoms with van der Waals surface area (Å²) in [6, 6.07) is 40.5. The van der Waals surface area contributed by atoms with E-state index in [2.05, 4.69) is 180 Å². The average Bonchev–Trinajstić information content (AvgIpc) is 3.79. The third-order valence-electron chi connectivity index (χ3n) is 9.79. The zero-order valence-electron chi connectivity index (χ0n) is 28.1. The highest BCUT2D eigenvalue weighted by atomic mass is 15.1. The van der Waals surface area contributed by atoms with Gasteiger partial charge in [0.15, 0.2) is 0 Å². The molecule has 0 saturated heterocycles. The molecule has 4 aromatic carbocycles. The second-order valence-corrected chi connectivity index (χ2v) is 12.9. The predicted octanol–water partition coefficient (Wildman–Crippen LogP) is 9.12. The summed E-state index contributed by atoms with van der Waals surface area (Å²) in [5, 5.41) is 6.06. The highest BCUT2D eigenvalue weighted by Crippen LogP contribution is 2.46. The van der Waals surface area contributed by atoms with Gasteiger partial charge in [0.1, 0.15) is 0 Å². The van der Waals surface area contributed by atoms with E-state index in [1.807, 2.05) is 18.2 Å². The molecule has 242 valence electrons. The molecular weight excluding hydrogens is 607 g/mol. The van der Waals surface area contributed by atoms with E-state index in [0.29, 0.717) is 0 Å². The molecule has 5 aromatic rings. The lowest BCUT2D eigenvalue weighted by Crippen LogP contribution is -2.33. The highest BCUT2D eigenvalue weighted by Gasteiger charge is 2.34. The Morgan fingerprint density at radius 2 is 1.36 bits per heavy atom. The van der Waals surface area contributed by atoms with E-state index in [9.17, 15) is 0 Å². The number of hydrogen-bond acceptors (Lipinski definition) is 2. The van der Waals surface area contributed by atoms with Crippen LogP contribution in [-0.2, 0) is 12.8 Å². The molecule has 2 aliphatic carbocycles. The third-order valence-corrected chi connectivity index (χ3v) is 9.79. The first kappa shape index (κ1) is 31.0. The fourth-order valence-corrected chi connectivity index (χ4v) is 7.38. The minimum Gasteiger partial charge on any atom is -0.375 e. The maximum absolute atomic E-state index is 4.58. The van der Waals surface area contributed by atoms with Crippen LogP contribution in [0.5, 0.6) is 0 Å². The minimum atomic E-state index is -0.0753. The van der Waals surface area contributed by atoms with Crippen molar-refractivity contribution in [3.05, 3.63) is 227 Å². The molecule has 3 heteroatoms. The van der Waals surface area contributed by atoms with Crippen molar-refractivity contribution in [1.29, 1.82) is 0 Å². The Kier molecular flexibility index (Phi) is 8.24. The van der Waals surface area contributed by atoms with Crippen LogP contribution in [0.15, 0.2) is 188 Å². The standard InChI is InChI=1S/C47H39N3/c1-4-5-25-45(35-17-9-6-10-18-35)48-37-26-27-49(38-20-11-7-12-21-38)32-46-42(29-34(3)33(2)28-37)44-31-41-40-24-16-15-19-36(40)30-43(41)47(44)50(46)39-22-13-8-14-23-39/h4-29,32,45,48H,1-3,30-31H2/b25-5-,27-26-,37-28+,42-29-,46-32+. The molecule has 3 aliphatic rings. The summed E-state index contributed by atoms with van der Waals surface area (Å²) in [7, 11) is 0. The van der Waals surface area contributed by atoms with E-state index in [-0.39, 0.29) is 6.04 Å². The van der Waals surface area contributed by atoms with Crippen LogP contribution >= 0.6 is 0 Å². The Morgan fingerprint density at radius 3 is 2.10 bits per heavy atom. The van der Waals surface area contributed by atoms with E-state index in [0.717, 1.165) is 52.0 Å². The largest absolute Gasteiger partial charge is 0.375 e. The van der Waals surface area contributed by atoms with Crippen molar-refractivity contribution in [2.24, 2.45) is 0 Å². The fourth-order valence-electron chi connectivity index (χ4n) is 7.38. The Hall–Kier alpha value is -6.32. The average molecular weight is 646 g/mol. The molecule has 0 radical (unpaired) electrons. The summed E-state index contributed by atoms with van der Waals surface area (Å²) in [4.78, 5) is 2.23. The molecule has 0 amide bonds. The summed E-state index contributed by atoms with van der Waals surface area (Å²) in [5.41, 5.74) is 14.3. The number of hydrogen-bond donors (Lipinski definition) is 1. The summed E-state index contributed by atoms with van der Waals surface area (Å²) in [6.07, 6.45) is 18.6. The van der Waals surface area contributed by atoms with Gasteiger partial charge < -0.3 is 14.8 Å². The molecule has 0 spiro atoms. The number of aromatic nitrogens is 1. The van der Waals surface area contributed by atoms with Crippen molar-refractivity contribution in [3.63, 3.8) is 0 Å². The van der Waals surface area contributed by atoms with Crippen LogP contribution in [0, 0.1) is 0 Å². The van der Waals surface area contributed by atoms with Crippen LogP contribution in [0.3, 0.4) is 0 Å². The number of nitrogens with one attached hydrogen (secondary N) is 1. The molecule has 50 heavy (non-hydrogen) atoms. The van der Waals surface area contributed by atoms with E-state index < -0.39 is 0 Å². The van der Waals surface area contributed by atoms with Crippen molar-refractivity contribution in [1.82, 2.24) is 9.88 Å². The van der Waals surface area contributed by atoms with Crippen LogP contribution in [-0.4, -0.2) is 4.57 Å². The van der Waals surface area contributed by atoms with E-state index in [1.165, 1.54) is 38.7 Å². The van der Waals surface area contributed by atoms with Crippen LogP contribution < -0.4 is 20.8 Å². The Balaban J connectivity index is 1.34. The number of anilines is 1. The molecule has 2 heterocycles. The van der Waals surface area contributed by atoms with Crippen LogP contribution in [0.25, 0.3) is 29.1 Å². The first-order valence-corrected chi connectivity index (χ1v) is 17.1. The molecule has 1 aromatic heterocycles. The second kappa shape index (κ2) is 13.3. The maximum Gasteiger partial charge on any atom is 0.0704 e. The second-order valence-electron chi connectivity index (χ2n) is 12.9. The first-order valence-electron chi connectivity index (χ1n) is 17.1. The van der Waals surface area contributed by atoms with Crippen molar-refractivity contribution in [2.75, 3.05) is 4.90 Å². The molecule has 0 fully saturated rings. The van der Waals surface area contributed by atoms with Gasteiger partial charge in [0.2, 0.25) is 0 Å². The Morgan fingerprint density at radius 1 is 0.700 bits per heavy atom. The Labute approximate surface area is 294 Å². The summed E-state index contributed by atoms with van der Waals surface area (Å²) in [6.45, 7) is 13.0. The molecule has 1 atom stereocenters. The summed E-state index contributed by atoms with van der Waals surface area (Å²) in [5.74, 6) is 0. The highest BCUT2D eigenvalue weighted by molar-refractivity contribution is 6.02. The third kappa shape index (κ3) is 5.73. The lowest BCUT2D eigenvalue weighted by atomic mass is 10.00. The fraction of sp³-hybridized carbons (Fsp3) is 0.0638. The molecule has 1 N–H and O–H groups in total. The quantitative estimate of drug-likeness (QED) is 0.178. The number of rotatable bonds is 7. The van der Waals surface area contributed by atoms with Gasteiger partial charge in [-0.05, 0) is 87.0 Å². The molecule has 1 aliphatic heterocycles. The topological polar surface area (TPSA) is 20.2 Å². The van der Waals surface area contributed by atoms with Gasteiger partial charge in [-0.3, -0.25) is 0 Å². The van der Waals surface area contributed by atoms with Gasteiger partial charge in [-0.1, -0.05) is 129 Å². The van der Waals surface area contributed by atoms with E-state index in [1.54, 1.807) is 0 Å². The van der Waals surface area contributed by atoms with Crippen molar-refractivity contribution < 1.29 is 0 Å². The van der Waals surface area contributed by atoms with Crippen molar-refractivity contribution in [3.8, 4) is 5.69 Å². The van der Waals surface area contributed by atoms with Gasteiger partial charge in [-0.25, -0.2) is 0 Å². The van der Waals surface area contributed by atoms with Gasteiger partial charge in [0.25, 0.3) is 0 Å². The normalized spacial score (nSPS) is 18.7. The molecule has 0 bridgehead atoms. The molecular formula is C47H39N3. The lowest BCUT2D eigenvalue weighted by molar-refractivity contribution is 0.728. The van der Waals surface area contributed by atoms with Gasteiger partial charge in [-0.2, -0.15) is 0 Å². The predicted molar refractivity (Wildman–Crippen MR) is 211 cm³/mol. The van der Waals surface area contributed by atoms with E-state index in [4.69, 9.17) is 0 Å². The molecule has 8 rings (SSSR count). The number of nitrogens with zero attached hydrogens (tertiary/aromatic N) is 2. The zero-order chi connectivity index (χ0) is 34.0. The number of fused-ring (bicyclic) bond motifs is 6. The van der Waals surface area contributed by atoms with Gasteiger partial charge in [0, 0.05) is 47.5 Å². The molecule has 1 unspecified atom stereocenters. The number of benzene rings is 4. The van der Waals surface area contributed by atoms with Crippen LogP contribution in [0.4, 0.5) is 5.69 Å². The SMILES string of the molecule is C=C/C=C\C(NC1=C/C(=C)C(=C)/C=c2/c3c(n(-c4ccccc4)/c2=C/N(c2ccccc2)/C=C\1)C1=C(C3)c2ccccc2C1)c1ccccc1. The van der Waals surface area contributed by atoms with Crippen LogP contribution in [0.1, 0.15) is 34.0 Å². The first-order chi connectivity index (χ1) is 24.6. The Bertz CT molecular complexity index is 2380. The zero-order valence-corrected chi connectivity index (χ0v) is 28.1. The number of allylic oxidation sites excluding steroid dienone is 8. The minimum absolute atomic E-state index is 0.0753. The van der Waals surface area contributed by atoms with Gasteiger partial charge in [-0.15, -0.1) is 0 Å². The molecule has 0 saturated carbocycles. The molecule has 3 nitrogen and oxygen atoms in total. The monoisotopic (exact) mass is 645 g/mol. The lowest BCUT2D eigenvalue weighted by Gasteiger charge is -2.20. The van der Waals surface area contributed by atoms with Crippen molar-refractivity contribution >= 4 is 29.1 Å². The van der Waals surface area contributed by atoms with Gasteiger partial charge in [0.05, 0.1) is 17.1 Å². The van der Waals surface area contributed by atoms with E-state index >= 15 is 0 Å². The smallest absolute Gasteiger partial charge is 0.0704 e. The number of para-hydroxylation sites is 2. The maximum atomic E-state index is 4.58. The summed E-state index contributed by atoms with van der Waals surface area (Å²) >= 11 is 0. The van der Waals surface area contributed by atoms with Crippen LogP contribution in [0.2, 0.25) is 0 Å². The van der Waals surface area contributed by atoms with Gasteiger partial charge >= 0.3 is 0 Å².